The minimum Gasteiger partial charge on any atom is -0.468 e. The molecule has 1 rings (SSSR count). The van der Waals surface area contributed by atoms with E-state index in [1.807, 2.05) is 13.0 Å². The molecule has 1 aromatic heterocycles. The molecular formula is C10H17NO2. The Labute approximate surface area is 79.0 Å². The van der Waals surface area contributed by atoms with Crippen molar-refractivity contribution in [2.24, 2.45) is 5.92 Å². The molecular weight excluding hydrogens is 166 g/mol. The van der Waals surface area contributed by atoms with Crippen molar-refractivity contribution in [3.63, 3.8) is 0 Å². The standard InChI is InChI=1S/C10H17NO2/c1-8(2)7-13-11-6-10-9(3)4-5-12-10/h4-5,8,11H,6-7H2,1-3H3. The highest BCUT2D eigenvalue weighted by Crippen LogP contribution is 2.07. The lowest BCUT2D eigenvalue weighted by atomic mass is 10.2. The van der Waals surface area contributed by atoms with E-state index in [4.69, 9.17) is 9.25 Å². The number of hydroxylamine groups is 1. The molecule has 0 unspecified atom stereocenters. The van der Waals surface area contributed by atoms with Crippen LogP contribution >= 0.6 is 0 Å². The predicted molar refractivity (Wildman–Crippen MR) is 51.1 cm³/mol. The van der Waals surface area contributed by atoms with Gasteiger partial charge in [0, 0.05) is 0 Å². The van der Waals surface area contributed by atoms with Crippen molar-refractivity contribution < 1.29 is 9.25 Å². The van der Waals surface area contributed by atoms with Crippen molar-refractivity contribution in [1.82, 2.24) is 5.48 Å². The summed E-state index contributed by atoms with van der Waals surface area (Å²) in [7, 11) is 0. The summed E-state index contributed by atoms with van der Waals surface area (Å²) in [6.07, 6.45) is 1.69. The van der Waals surface area contributed by atoms with Crippen molar-refractivity contribution in [1.29, 1.82) is 0 Å². The Balaban J connectivity index is 2.17. The quantitative estimate of drug-likeness (QED) is 0.561. The molecule has 0 aliphatic rings. The van der Waals surface area contributed by atoms with Crippen molar-refractivity contribution in [3.8, 4) is 0 Å². The SMILES string of the molecule is Cc1ccoc1CNOCC(C)C. The number of furan rings is 1. The highest BCUT2D eigenvalue weighted by Gasteiger charge is 2.00. The zero-order chi connectivity index (χ0) is 9.68. The van der Waals surface area contributed by atoms with Crippen LogP contribution in [0.15, 0.2) is 16.7 Å². The molecule has 1 aromatic rings. The van der Waals surface area contributed by atoms with Gasteiger partial charge >= 0.3 is 0 Å². The maximum Gasteiger partial charge on any atom is 0.122 e. The molecule has 0 saturated carbocycles. The topological polar surface area (TPSA) is 34.4 Å². The van der Waals surface area contributed by atoms with Gasteiger partial charge < -0.3 is 9.25 Å². The van der Waals surface area contributed by atoms with E-state index in [9.17, 15) is 0 Å². The van der Waals surface area contributed by atoms with E-state index < -0.39 is 0 Å². The average Bonchev–Trinajstić information content (AvgIpc) is 2.45. The fourth-order valence-electron chi connectivity index (χ4n) is 0.927. The molecule has 1 N–H and O–H groups in total. The van der Waals surface area contributed by atoms with Gasteiger partial charge in [-0.3, -0.25) is 0 Å². The summed E-state index contributed by atoms with van der Waals surface area (Å²) in [5, 5.41) is 0. The molecule has 0 aromatic carbocycles. The van der Waals surface area contributed by atoms with Crippen LogP contribution in [-0.4, -0.2) is 6.61 Å². The van der Waals surface area contributed by atoms with Gasteiger partial charge in [0.2, 0.25) is 0 Å². The zero-order valence-corrected chi connectivity index (χ0v) is 8.46. The van der Waals surface area contributed by atoms with Gasteiger partial charge in [0.15, 0.2) is 0 Å². The number of hydrogen-bond donors (Lipinski definition) is 1. The molecule has 0 spiro atoms. The van der Waals surface area contributed by atoms with Gasteiger partial charge in [-0.1, -0.05) is 13.8 Å². The van der Waals surface area contributed by atoms with Crippen LogP contribution in [0, 0.1) is 12.8 Å². The summed E-state index contributed by atoms with van der Waals surface area (Å²) in [5.41, 5.74) is 4.02. The molecule has 0 saturated heterocycles. The molecule has 0 amide bonds. The molecule has 0 bridgehead atoms. The van der Waals surface area contributed by atoms with E-state index in [1.54, 1.807) is 6.26 Å². The largest absolute Gasteiger partial charge is 0.468 e. The third-order valence-electron chi connectivity index (χ3n) is 1.72. The van der Waals surface area contributed by atoms with Crippen LogP contribution in [0.1, 0.15) is 25.2 Å². The highest BCUT2D eigenvalue weighted by atomic mass is 16.6. The van der Waals surface area contributed by atoms with Gasteiger partial charge in [-0.05, 0) is 24.5 Å². The Hall–Kier alpha value is -0.800. The summed E-state index contributed by atoms with van der Waals surface area (Å²) in [6, 6.07) is 1.94. The highest BCUT2D eigenvalue weighted by molar-refractivity contribution is 5.13. The number of rotatable bonds is 5. The monoisotopic (exact) mass is 183 g/mol. The first-order chi connectivity index (χ1) is 6.20. The lowest BCUT2D eigenvalue weighted by Gasteiger charge is -2.06. The molecule has 0 aliphatic carbocycles. The van der Waals surface area contributed by atoms with Gasteiger partial charge in [-0.25, -0.2) is 0 Å². The van der Waals surface area contributed by atoms with E-state index in [1.165, 1.54) is 0 Å². The summed E-state index contributed by atoms with van der Waals surface area (Å²) in [6.45, 7) is 7.59. The van der Waals surface area contributed by atoms with Crippen LogP contribution in [-0.2, 0) is 11.4 Å². The molecule has 3 nitrogen and oxygen atoms in total. The lowest BCUT2D eigenvalue weighted by Crippen LogP contribution is -2.17. The normalized spacial score (nSPS) is 11.1. The molecule has 13 heavy (non-hydrogen) atoms. The summed E-state index contributed by atoms with van der Waals surface area (Å²) in [5.74, 6) is 1.48. The molecule has 0 atom stereocenters. The van der Waals surface area contributed by atoms with E-state index in [0.29, 0.717) is 12.5 Å². The second-order valence-corrected chi connectivity index (χ2v) is 3.55. The van der Waals surface area contributed by atoms with Crippen LogP contribution < -0.4 is 5.48 Å². The smallest absolute Gasteiger partial charge is 0.122 e. The van der Waals surface area contributed by atoms with Crippen LogP contribution in [0.4, 0.5) is 0 Å². The van der Waals surface area contributed by atoms with Crippen LogP contribution in [0.25, 0.3) is 0 Å². The van der Waals surface area contributed by atoms with Gasteiger partial charge in [-0.15, -0.1) is 0 Å². The Morgan fingerprint density at radius 2 is 2.31 bits per heavy atom. The average molecular weight is 183 g/mol. The van der Waals surface area contributed by atoms with Gasteiger partial charge in [-0.2, -0.15) is 5.48 Å². The molecule has 0 radical (unpaired) electrons. The Kier molecular flexibility index (Phi) is 3.99. The molecule has 0 aliphatic heterocycles. The maximum absolute atomic E-state index is 5.23. The number of aryl methyl sites for hydroxylation is 1. The maximum atomic E-state index is 5.23. The third kappa shape index (κ3) is 3.61. The number of nitrogens with one attached hydrogen (secondary N) is 1. The van der Waals surface area contributed by atoms with Crippen LogP contribution in [0.3, 0.4) is 0 Å². The van der Waals surface area contributed by atoms with Gasteiger partial charge in [0.1, 0.15) is 5.76 Å². The zero-order valence-electron chi connectivity index (χ0n) is 8.46. The Morgan fingerprint density at radius 1 is 1.54 bits per heavy atom. The first kappa shape index (κ1) is 10.3. The third-order valence-corrected chi connectivity index (χ3v) is 1.72. The van der Waals surface area contributed by atoms with Crippen LogP contribution in [0.5, 0.6) is 0 Å². The van der Waals surface area contributed by atoms with Crippen LogP contribution in [0.2, 0.25) is 0 Å². The second-order valence-electron chi connectivity index (χ2n) is 3.55. The summed E-state index contributed by atoms with van der Waals surface area (Å²) in [4.78, 5) is 5.21. The fourth-order valence-corrected chi connectivity index (χ4v) is 0.927. The van der Waals surface area contributed by atoms with Crippen molar-refractivity contribution in [2.75, 3.05) is 6.61 Å². The Bertz CT molecular complexity index is 243. The molecule has 0 fully saturated rings. The second kappa shape index (κ2) is 5.04. The van der Waals surface area contributed by atoms with Crippen molar-refractivity contribution >= 4 is 0 Å². The molecule has 74 valence electrons. The summed E-state index contributed by atoms with van der Waals surface area (Å²) < 4.78 is 5.23. The Morgan fingerprint density at radius 3 is 2.85 bits per heavy atom. The number of hydrogen-bond acceptors (Lipinski definition) is 3. The first-order valence-electron chi connectivity index (χ1n) is 4.57. The minimum absolute atomic E-state index is 0.546. The minimum atomic E-state index is 0.546. The first-order valence-corrected chi connectivity index (χ1v) is 4.57. The van der Waals surface area contributed by atoms with Crippen molar-refractivity contribution in [3.05, 3.63) is 23.7 Å². The van der Waals surface area contributed by atoms with Gasteiger partial charge in [0.25, 0.3) is 0 Å². The molecule has 1 heterocycles. The van der Waals surface area contributed by atoms with Gasteiger partial charge in [0.05, 0.1) is 19.4 Å². The lowest BCUT2D eigenvalue weighted by molar-refractivity contribution is 0.0164. The fraction of sp³-hybridized carbons (Fsp3) is 0.600. The van der Waals surface area contributed by atoms with E-state index in [2.05, 4.69) is 19.3 Å². The van der Waals surface area contributed by atoms with E-state index in [-0.39, 0.29) is 0 Å². The predicted octanol–water partition coefficient (Wildman–Crippen LogP) is 2.27. The summed E-state index contributed by atoms with van der Waals surface area (Å²) >= 11 is 0. The molecule has 3 heteroatoms. The van der Waals surface area contributed by atoms with E-state index >= 15 is 0 Å². The van der Waals surface area contributed by atoms with Crippen molar-refractivity contribution in [2.45, 2.75) is 27.3 Å². The van der Waals surface area contributed by atoms with E-state index in [0.717, 1.165) is 17.9 Å².